The molecule has 1 aromatic carbocycles. The predicted molar refractivity (Wildman–Crippen MR) is 108 cm³/mol. The molecule has 0 bridgehead atoms. The molecule has 2 aromatic heterocycles. The number of amides is 2. The van der Waals surface area contributed by atoms with Gasteiger partial charge in [-0.1, -0.05) is 24.2 Å². The zero-order valence-electron chi connectivity index (χ0n) is 15.8. The van der Waals surface area contributed by atoms with Crippen LogP contribution in [0.2, 0.25) is 0 Å². The van der Waals surface area contributed by atoms with Crippen LogP contribution in [0, 0.1) is 0 Å². The number of anilines is 1. The summed E-state index contributed by atoms with van der Waals surface area (Å²) in [6.45, 7) is 3.94. The Balaban J connectivity index is 1.59. The van der Waals surface area contributed by atoms with Gasteiger partial charge >= 0.3 is 0 Å². The van der Waals surface area contributed by atoms with E-state index in [0.717, 1.165) is 12.0 Å². The molecule has 1 atom stereocenters. The average Bonchev–Trinajstić information content (AvgIpc) is 3.38. The van der Waals surface area contributed by atoms with Crippen molar-refractivity contribution in [3.63, 3.8) is 0 Å². The van der Waals surface area contributed by atoms with E-state index in [1.165, 1.54) is 0 Å². The predicted octanol–water partition coefficient (Wildman–Crippen LogP) is 3.90. The fraction of sp³-hybridized carbons (Fsp3) is 0.300. The van der Waals surface area contributed by atoms with Gasteiger partial charge in [-0.05, 0) is 36.9 Å². The number of hydrogen-bond acceptors (Lipinski definition) is 6. The van der Waals surface area contributed by atoms with Crippen molar-refractivity contribution < 1.29 is 14.1 Å². The van der Waals surface area contributed by atoms with Crippen LogP contribution in [0.25, 0.3) is 11.4 Å². The van der Waals surface area contributed by atoms with Crippen molar-refractivity contribution in [1.82, 2.24) is 15.5 Å². The largest absolute Gasteiger partial charge is 0.350 e. The standard InChI is InChI=1S/C20H22N4O3S/c1-3-13(2)21-20(26)15-6-4-5-7-16(15)22-17(25)8-9-18-23-19(24-27-18)14-10-11-28-12-14/h4-7,10-13H,3,8-9H2,1-2H3,(H,21,26)(H,22,25). The Labute approximate surface area is 167 Å². The summed E-state index contributed by atoms with van der Waals surface area (Å²) in [5, 5.41) is 13.5. The minimum atomic E-state index is -0.223. The fourth-order valence-corrected chi connectivity index (χ4v) is 3.13. The quantitative estimate of drug-likeness (QED) is 0.600. The Morgan fingerprint density at radius 1 is 1.25 bits per heavy atom. The number of rotatable bonds is 8. The molecule has 146 valence electrons. The number of thiophene rings is 1. The first-order chi connectivity index (χ1) is 13.6. The number of carbonyl (C=O) groups is 2. The summed E-state index contributed by atoms with van der Waals surface area (Å²) >= 11 is 1.55. The number of carbonyl (C=O) groups excluding carboxylic acids is 2. The van der Waals surface area contributed by atoms with Gasteiger partial charge in [-0.3, -0.25) is 9.59 Å². The van der Waals surface area contributed by atoms with Crippen LogP contribution in [-0.4, -0.2) is 28.0 Å². The van der Waals surface area contributed by atoms with Crippen LogP contribution in [0.1, 0.15) is 42.9 Å². The molecule has 2 amide bonds. The first-order valence-electron chi connectivity index (χ1n) is 9.11. The number of para-hydroxylation sites is 1. The molecule has 0 aliphatic carbocycles. The molecule has 0 aliphatic rings. The molecule has 28 heavy (non-hydrogen) atoms. The van der Waals surface area contributed by atoms with Crippen LogP contribution in [0.4, 0.5) is 5.69 Å². The van der Waals surface area contributed by atoms with E-state index in [1.54, 1.807) is 35.6 Å². The van der Waals surface area contributed by atoms with Gasteiger partial charge in [-0.15, -0.1) is 0 Å². The molecule has 0 spiro atoms. The Kier molecular flexibility index (Phi) is 6.54. The maximum absolute atomic E-state index is 12.4. The van der Waals surface area contributed by atoms with Crippen LogP contribution in [0.5, 0.6) is 0 Å². The molecule has 0 saturated heterocycles. The third kappa shape index (κ3) is 5.04. The monoisotopic (exact) mass is 398 g/mol. The summed E-state index contributed by atoms with van der Waals surface area (Å²) in [6, 6.07) is 8.93. The molecular formula is C20H22N4O3S. The van der Waals surface area contributed by atoms with Crippen molar-refractivity contribution in [2.45, 2.75) is 39.2 Å². The minimum Gasteiger partial charge on any atom is -0.350 e. The molecule has 3 rings (SSSR count). The Bertz CT molecular complexity index is 937. The zero-order valence-corrected chi connectivity index (χ0v) is 16.6. The summed E-state index contributed by atoms with van der Waals surface area (Å²) in [7, 11) is 0. The van der Waals surface area contributed by atoms with E-state index >= 15 is 0 Å². The number of aromatic nitrogens is 2. The van der Waals surface area contributed by atoms with E-state index in [9.17, 15) is 9.59 Å². The first kappa shape index (κ1) is 19.8. The lowest BCUT2D eigenvalue weighted by Gasteiger charge is -2.14. The number of benzene rings is 1. The highest BCUT2D eigenvalue weighted by Gasteiger charge is 2.15. The number of nitrogens with one attached hydrogen (secondary N) is 2. The van der Waals surface area contributed by atoms with Gasteiger partial charge in [0.25, 0.3) is 5.91 Å². The topological polar surface area (TPSA) is 97.1 Å². The van der Waals surface area contributed by atoms with Crippen molar-refractivity contribution in [2.24, 2.45) is 0 Å². The van der Waals surface area contributed by atoms with Gasteiger partial charge in [0.1, 0.15) is 0 Å². The lowest BCUT2D eigenvalue weighted by atomic mass is 10.1. The van der Waals surface area contributed by atoms with Gasteiger partial charge in [-0.2, -0.15) is 16.3 Å². The highest BCUT2D eigenvalue weighted by Crippen LogP contribution is 2.19. The van der Waals surface area contributed by atoms with Gasteiger partial charge in [0.2, 0.25) is 17.6 Å². The van der Waals surface area contributed by atoms with E-state index < -0.39 is 0 Å². The van der Waals surface area contributed by atoms with Crippen molar-refractivity contribution in [3.05, 3.63) is 52.5 Å². The third-order valence-corrected chi connectivity index (χ3v) is 4.93. The van der Waals surface area contributed by atoms with Crippen LogP contribution in [0.3, 0.4) is 0 Å². The number of aryl methyl sites for hydroxylation is 1. The molecule has 2 N–H and O–H groups in total. The lowest BCUT2D eigenvalue weighted by molar-refractivity contribution is -0.116. The number of nitrogens with zero attached hydrogens (tertiary/aromatic N) is 2. The van der Waals surface area contributed by atoms with Gasteiger partial charge in [0.05, 0.1) is 11.3 Å². The molecule has 0 saturated carbocycles. The summed E-state index contributed by atoms with van der Waals surface area (Å²) in [5.74, 6) is 0.490. The third-order valence-electron chi connectivity index (χ3n) is 4.25. The van der Waals surface area contributed by atoms with Gasteiger partial charge in [-0.25, -0.2) is 0 Å². The molecule has 7 nitrogen and oxygen atoms in total. The molecule has 8 heteroatoms. The molecular weight excluding hydrogens is 376 g/mol. The molecule has 2 heterocycles. The van der Waals surface area contributed by atoms with E-state index in [1.807, 2.05) is 30.7 Å². The maximum atomic E-state index is 12.4. The van der Waals surface area contributed by atoms with Crippen LogP contribution >= 0.6 is 11.3 Å². The van der Waals surface area contributed by atoms with Crippen LogP contribution < -0.4 is 10.6 Å². The Morgan fingerprint density at radius 2 is 2.07 bits per heavy atom. The molecule has 1 unspecified atom stereocenters. The normalized spacial score (nSPS) is 11.8. The van der Waals surface area contributed by atoms with Crippen molar-refractivity contribution >= 4 is 28.8 Å². The molecule has 3 aromatic rings. The highest BCUT2D eigenvalue weighted by molar-refractivity contribution is 7.08. The molecule has 0 aliphatic heterocycles. The second-order valence-electron chi connectivity index (χ2n) is 6.40. The Morgan fingerprint density at radius 3 is 2.82 bits per heavy atom. The SMILES string of the molecule is CCC(C)NC(=O)c1ccccc1NC(=O)CCc1nc(-c2ccsc2)no1. The van der Waals surface area contributed by atoms with Gasteiger partial charge < -0.3 is 15.2 Å². The summed E-state index contributed by atoms with van der Waals surface area (Å²) in [4.78, 5) is 29.1. The van der Waals surface area contributed by atoms with Crippen molar-refractivity contribution in [1.29, 1.82) is 0 Å². The van der Waals surface area contributed by atoms with Crippen LogP contribution in [-0.2, 0) is 11.2 Å². The smallest absolute Gasteiger partial charge is 0.253 e. The fourth-order valence-electron chi connectivity index (χ4n) is 2.49. The summed E-state index contributed by atoms with van der Waals surface area (Å²) in [5.41, 5.74) is 1.82. The zero-order chi connectivity index (χ0) is 19.9. The highest BCUT2D eigenvalue weighted by atomic mass is 32.1. The van der Waals surface area contributed by atoms with Gasteiger partial charge in [0, 0.05) is 29.8 Å². The Hall–Kier alpha value is -3.00. The van der Waals surface area contributed by atoms with Crippen LogP contribution in [0.15, 0.2) is 45.6 Å². The second kappa shape index (κ2) is 9.27. The van der Waals surface area contributed by atoms with Gasteiger partial charge in [0.15, 0.2) is 0 Å². The first-order valence-corrected chi connectivity index (χ1v) is 10.1. The van der Waals surface area contributed by atoms with Crippen molar-refractivity contribution in [3.8, 4) is 11.4 Å². The summed E-state index contributed by atoms with van der Waals surface area (Å²) in [6.07, 6.45) is 1.33. The van der Waals surface area contributed by atoms with E-state index in [0.29, 0.717) is 29.4 Å². The average molecular weight is 398 g/mol. The van der Waals surface area contributed by atoms with Crippen molar-refractivity contribution in [2.75, 3.05) is 5.32 Å². The van der Waals surface area contributed by atoms with E-state index in [-0.39, 0.29) is 24.3 Å². The maximum Gasteiger partial charge on any atom is 0.253 e. The lowest BCUT2D eigenvalue weighted by Crippen LogP contribution is -2.32. The minimum absolute atomic E-state index is 0.0613. The van der Waals surface area contributed by atoms with E-state index in [2.05, 4.69) is 20.8 Å². The van der Waals surface area contributed by atoms with E-state index in [4.69, 9.17) is 4.52 Å². The molecule has 0 radical (unpaired) electrons. The summed E-state index contributed by atoms with van der Waals surface area (Å²) < 4.78 is 5.21. The number of hydrogen-bond donors (Lipinski definition) is 2. The molecule has 0 fully saturated rings. The second-order valence-corrected chi connectivity index (χ2v) is 7.18.